The molecule has 2 fully saturated rings. The first-order valence-corrected chi connectivity index (χ1v) is 5.51. The van der Waals surface area contributed by atoms with Crippen LogP contribution in [0, 0.1) is 12.3 Å². The summed E-state index contributed by atoms with van der Waals surface area (Å²) in [6.45, 7) is 2.13. The molecule has 2 rings (SSSR count). The molecule has 0 N–H and O–H groups in total. The van der Waals surface area contributed by atoms with E-state index in [9.17, 15) is 4.79 Å². The van der Waals surface area contributed by atoms with Crippen LogP contribution in [0.3, 0.4) is 0 Å². The number of ketones is 1. The van der Waals surface area contributed by atoms with Crippen molar-refractivity contribution in [3.63, 3.8) is 0 Å². The summed E-state index contributed by atoms with van der Waals surface area (Å²) in [7, 11) is 0. The van der Waals surface area contributed by atoms with E-state index in [-0.39, 0.29) is 6.04 Å². The van der Waals surface area contributed by atoms with Gasteiger partial charge < -0.3 is 0 Å². The normalized spacial score (nSPS) is 34.1. The van der Waals surface area contributed by atoms with Gasteiger partial charge in [0.1, 0.15) is 5.78 Å². The zero-order valence-corrected chi connectivity index (χ0v) is 8.70. The summed E-state index contributed by atoms with van der Waals surface area (Å²) in [5.74, 6) is 3.28. The van der Waals surface area contributed by atoms with Crippen molar-refractivity contribution < 1.29 is 4.79 Å². The summed E-state index contributed by atoms with van der Waals surface area (Å²) < 4.78 is 0. The quantitative estimate of drug-likeness (QED) is 0.618. The van der Waals surface area contributed by atoms with E-state index >= 15 is 0 Å². The van der Waals surface area contributed by atoms with E-state index in [0.717, 1.165) is 32.1 Å². The summed E-state index contributed by atoms with van der Waals surface area (Å²) >= 11 is 0. The highest BCUT2D eigenvalue weighted by atomic mass is 16.1. The number of nitrogens with zero attached hydrogens (tertiary/aromatic N) is 1. The Morgan fingerprint density at radius 3 is 2.50 bits per heavy atom. The number of fused-ring (bicyclic) bond motifs is 2. The van der Waals surface area contributed by atoms with Gasteiger partial charge in [0.25, 0.3) is 0 Å². The van der Waals surface area contributed by atoms with Gasteiger partial charge in [0.15, 0.2) is 0 Å². The first-order chi connectivity index (χ1) is 6.76. The molecule has 0 radical (unpaired) electrons. The van der Waals surface area contributed by atoms with Gasteiger partial charge in [-0.3, -0.25) is 9.69 Å². The van der Waals surface area contributed by atoms with Crippen molar-refractivity contribution in [2.45, 2.75) is 57.2 Å². The SMILES string of the molecule is C#CC(CC)N1C2CCC1CC(=O)C2. The summed E-state index contributed by atoms with van der Waals surface area (Å²) in [5, 5.41) is 0. The monoisotopic (exact) mass is 191 g/mol. The molecule has 0 aromatic rings. The number of piperidine rings is 1. The standard InChI is InChI=1S/C12H17NO/c1-3-9(4-2)13-10-5-6-11(13)8-12(14)7-10/h1,9-11H,4-8H2,2H3. The van der Waals surface area contributed by atoms with Crippen LogP contribution >= 0.6 is 0 Å². The number of terminal acetylenes is 1. The average Bonchev–Trinajstić information content (AvgIpc) is 2.45. The van der Waals surface area contributed by atoms with E-state index in [4.69, 9.17) is 6.42 Å². The lowest BCUT2D eigenvalue weighted by Gasteiger charge is -2.37. The van der Waals surface area contributed by atoms with Crippen LogP contribution in [0.4, 0.5) is 0 Å². The molecule has 0 aromatic heterocycles. The van der Waals surface area contributed by atoms with Gasteiger partial charge in [-0.25, -0.2) is 0 Å². The first-order valence-electron chi connectivity index (χ1n) is 5.51. The fraction of sp³-hybridized carbons (Fsp3) is 0.750. The summed E-state index contributed by atoms with van der Waals surface area (Å²) in [4.78, 5) is 13.8. The molecule has 76 valence electrons. The maximum atomic E-state index is 11.4. The van der Waals surface area contributed by atoms with E-state index in [2.05, 4.69) is 17.7 Å². The minimum Gasteiger partial charge on any atom is -0.300 e. The molecule has 2 saturated heterocycles. The van der Waals surface area contributed by atoms with Gasteiger partial charge in [0.05, 0.1) is 6.04 Å². The Hall–Kier alpha value is -0.810. The molecule has 0 aromatic carbocycles. The van der Waals surface area contributed by atoms with Crippen LogP contribution in [-0.4, -0.2) is 28.8 Å². The number of Topliss-reactive ketones (excluding diaryl/α,β-unsaturated/α-hetero) is 1. The minimum atomic E-state index is 0.251. The van der Waals surface area contributed by atoms with E-state index < -0.39 is 0 Å². The molecule has 2 heteroatoms. The van der Waals surface area contributed by atoms with E-state index in [1.807, 2.05) is 0 Å². The Balaban J connectivity index is 2.15. The molecule has 3 atom stereocenters. The minimum absolute atomic E-state index is 0.251. The van der Waals surface area contributed by atoms with Crippen LogP contribution in [-0.2, 0) is 4.79 Å². The molecule has 14 heavy (non-hydrogen) atoms. The number of hydrogen-bond donors (Lipinski definition) is 0. The van der Waals surface area contributed by atoms with Crippen LogP contribution < -0.4 is 0 Å². The Morgan fingerprint density at radius 1 is 1.50 bits per heavy atom. The Labute approximate surface area is 85.7 Å². The lowest BCUT2D eigenvalue weighted by Crippen LogP contribution is -2.48. The van der Waals surface area contributed by atoms with E-state index in [1.54, 1.807) is 0 Å². The van der Waals surface area contributed by atoms with Gasteiger partial charge in [-0.2, -0.15) is 0 Å². The summed E-state index contributed by atoms with van der Waals surface area (Å²) in [6.07, 6.45) is 10.3. The van der Waals surface area contributed by atoms with Crippen molar-refractivity contribution in [2.75, 3.05) is 0 Å². The van der Waals surface area contributed by atoms with Gasteiger partial charge in [-0.1, -0.05) is 12.8 Å². The smallest absolute Gasteiger partial charge is 0.136 e. The maximum absolute atomic E-state index is 11.4. The molecular weight excluding hydrogens is 174 g/mol. The number of carbonyl (C=O) groups excluding carboxylic acids is 1. The van der Waals surface area contributed by atoms with Crippen LogP contribution in [0.5, 0.6) is 0 Å². The molecule has 2 nitrogen and oxygen atoms in total. The summed E-state index contributed by atoms with van der Waals surface area (Å²) in [5.41, 5.74) is 0. The van der Waals surface area contributed by atoms with Gasteiger partial charge in [0.2, 0.25) is 0 Å². The van der Waals surface area contributed by atoms with E-state index in [1.165, 1.54) is 0 Å². The highest BCUT2D eigenvalue weighted by Gasteiger charge is 2.42. The Morgan fingerprint density at radius 2 is 2.07 bits per heavy atom. The van der Waals surface area contributed by atoms with Crippen molar-refractivity contribution in [1.29, 1.82) is 0 Å². The topological polar surface area (TPSA) is 20.3 Å². The molecule has 2 aliphatic heterocycles. The van der Waals surface area contributed by atoms with Crippen molar-refractivity contribution in [2.24, 2.45) is 0 Å². The van der Waals surface area contributed by atoms with Crippen LogP contribution in [0.2, 0.25) is 0 Å². The zero-order chi connectivity index (χ0) is 10.1. The average molecular weight is 191 g/mol. The Bertz CT molecular complexity index is 263. The largest absolute Gasteiger partial charge is 0.300 e. The third-order valence-corrected chi connectivity index (χ3v) is 3.54. The second-order valence-electron chi connectivity index (χ2n) is 4.37. The van der Waals surface area contributed by atoms with Crippen molar-refractivity contribution in [3.8, 4) is 12.3 Å². The summed E-state index contributed by atoms with van der Waals surface area (Å²) in [6, 6.07) is 1.14. The third kappa shape index (κ3) is 1.46. The van der Waals surface area contributed by atoms with E-state index in [0.29, 0.717) is 17.9 Å². The number of carbonyl (C=O) groups is 1. The predicted molar refractivity (Wildman–Crippen MR) is 55.8 cm³/mol. The molecule has 0 amide bonds. The lowest BCUT2D eigenvalue weighted by atomic mass is 9.98. The molecule has 0 aliphatic carbocycles. The van der Waals surface area contributed by atoms with Gasteiger partial charge in [-0.05, 0) is 19.3 Å². The molecule has 2 aliphatic rings. The van der Waals surface area contributed by atoms with Crippen molar-refractivity contribution in [1.82, 2.24) is 4.90 Å². The van der Waals surface area contributed by atoms with Crippen LogP contribution in [0.25, 0.3) is 0 Å². The molecule has 0 spiro atoms. The van der Waals surface area contributed by atoms with Gasteiger partial charge in [-0.15, -0.1) is 6.42 Å². The highest BCUT2D eigenvalue weighted by Crippen LogP contribution is 2.35. The van der Waals surface area contributed by atoms with Crippen LogP contribution in [0.1, 0.15) is 39.0 Å². The van der Waals surface area contributed by atoms with Crippen molar-refractivity contribution in [3.05, 3.63) is 0 Å². The molecular formula is C12H17NO. The predicted octanol–water partition coefficient (Wildman–Crippen LogP) is 1.59. The third-order valence-electron chi connectivity index (χ3n) is 3.54. The zero-order valence-electron chi connectivity index (χ0n) is 8.70. The number of rotatable bonds is 2. The fourth-order valence-corrected chi connectivity index (χ4v) is 2.93. The second kappa shape index (κ2) is 3.74. The molecule has 2 bridgehead atoms. The van der Waals surface area contributed by atoms with Crippen molar-refractivity contribution >= 4 is 5.78 Å². The Kier molecular flexibility index (Phi) is 2.60. The first kappa shape index (κ1) is 9.73. The fourth-order valence-electron chi connectivity index (χ4n) is 2.93. The molecule has 0 saturated carbocycles. The maximum Gasteiger partial charge on any atom is 0.136 e. The second-order valence-corrected chi connectivity index (χ2v) is 4.37. The van der Waals surface area contributed by atoms with Gasteiger partial charge >= 0.3 is 0 Å². The highest BCUT2D eigenvalue weighted by molar-refractivity contribution is 5.81. The molecule has 2 heterocycles. The van der Waals surface area contributed by atoms with Gasteiger partial charge in [0, 0.05) is 24.9 Å². The molecule has 3 unspecified atom stereocenters. The number of hydrogen-bond acceptors (Lipinski definition) is 2. The van der Waals surface area contributed by atoms with Crippen LogP contribution in [0.15, 0.2) is 0 Å². The lowest BCUT2D eigenvalue weighted by molar-refractivity contribution is -0.124.